The topological polar surface area (TPSA) is 58.4 Å². The Labute approximate surface area is 126 Å². The van der Waals surface area contributed by atoms with Gasteiger partial charge in [0.1, 0.15) is 0 Å². The van der Waals surface area contributed by atoms with E-state index >= 15 is 0 Å². The van der Waals surface area contributed by atoms with Crippen LogP contribution in [-0.4, -0.2) is 29.9 Å². The molecule has 2 unspecified atom stereocenters. The molecule has 0 radical (unpaired) electrons. The van der Waals surface area contributed by atoms with Gasteiger partial charge in [0.2, 0.25) is 5.91 Å². The van der Waals surface area contributed by atoms with E-state index in [1.807, 2.05) is 18.2 Å². The van der Waals surface area contributed by atoms with E-state index in [0.717, 1.165) is 18.2 Å². The Bertz CT molecular complexity index is 501. The molecule has 3 rings (SSSR count). The van der Waals surface area contributed by atoms with Crippen LogP contribution in [0.1, 0.15) is 38.5 Å². The summed E-state index contributed by atoms with van der Waals surface area (Å²) < 4.78 is 0. The number of nitrogens with two attached hydrogens (primary N) is 1. The van der Waals surface area contributed by atoms with Crippen LogP contribution < -0.4 is 11.1 Å². The zero-order valence-corrected chi connectivity index (χ0v) is 12.6. The van der Waals surface area contributed by atoms with E-state index in [0.29, 0.717) is 18.3 Å². The van der Waals surface area contributed by atoms with Crippen molar-refractivity contribution in [2.45, 2.75) is 44.6 Å². The van der Waals surface area contributed by atoms with Crippen LogP contribution in [0.5, 0.6) is 0 Å². The number of rotatable bonds is 3. The maximum Gasteiger partial charge on any atom is 0.238 e. The number of hydrogen-bond acceptors (Lipinski definition) is 3. The van der Waals surface area contributed by atoms with Gasteiger partial charge in [-0.3, -0.25) is 9.69 Å². The van der Waals surface area contributed by atoms with Crippen LogP contribution in [0, 0.1) is 5.92 Å². The van der Waals surface area contributed by atoms with E-state index in [1.165, 1.54) is 38.5 Å². The monoisotopic (exact) mass is 287 g/mol. The second-order valence-electron chi connectivity index (χ2n) is 6.40. The number of carbonyl (C=O) groups is 1. The molecule has 4 heteroatoms. The lowest BCUT2D eigenvalue weighted by molar-refractivity contribution is -0.118. The number of carbonyl (C=O) groups excluding carboxylic acids is 1. The number of piperidine rings is 1. The highest BCUT2D eigenvalue weighted by Crippen LogP contribution is 2.35. The molecule has 1 aliphatic carbocycles. The molecule has 2 aliphatic rings. The molecule has 0 spiro atoms. The Morgan fingerprint density at radius 2 is 2.05 bits per heavy atom. The molecule has 1 saturated carbocycles. The normalized spacial score (nSPS) is 26.1. The Morgan fingerprint density at radius 3 is 2.90 bits per heavy atom. The molecule has 1 amide bonds. The van der Waals surface area contributed by atoms with Crippen LogP contribution in [0.2, 0.25) is 0 Å². The van der Waals surface area contributed by atoms with Gasteiger partial charge in [-0.05, 0) is 56.3 Å². The van der Waals surface area contributed by atoms with Gasteiger partial charge in [-0.25, -0.2) is 0 Å². The number of benzene rings is 1. The zero-order valence-electron chi connectivity index (χ0n) is 12.6. The molecule has 4 nitrogen and oxygen atoms in total. The van der Waals surface area contributed by atoms with Crippen LogP contribution in [0.25, 0.3) is 0 Å². The highest BCUT2D eigenvalue weighted by Gasteiger charge is 2.33. The summed E-state index contributed by atoms with van der Waals surface area (Å²) in [5, 5.41) is 2.96. The number of nitrogens with one attached hydrogen (secondary N) is 1. The van der Waals surface area contributed by atoms with Crippen LogP contribution >= 0.6 is 0 Å². The summed E-state index contributed by atoms with van der Waals surface area (Å²) in [6.07, 6.45) is 7.86. The number of nitrogens with zero attached hydrogens (tertiary/aromatic N) is 1. The van der Waals surface area contributed by atoms with E-state index < -0.39 is 0 Å². The van der Waals surface area contributed by atoms with Gasteiger partial charge in [0.05, 0.1) is 6.54 Å². The second kappa shape index (κ2) is 6.48. The molecule has 1 heterocycles. The molecule has 1 aromatic carbocycles. The quantitative estimate of drug-likeness (QED) is 0.840. The molecule has 1 aromatic rings. The van der Waals surface area contributed by atoms with Gasteiger partial charge in [-0.1, -0.05) is 18.9 Å². The lowest BCUT2D eigenvalue weighted by Crippen LogP contribution is -2.49. The molecule has 2 atom stereocenters. The third kappa shape index (κ3) is 3.56. The first-order valence-corrected chi connectivity index (χ1v) is 8.12. The van der Waals surface area contributed by atoms with Crippen LogP contribution in [0.4, 0.5) is 11.4 Å². The fraction of sp³-hybridized carbons (Fsp3) is 0.588. The van der Waals surface area contributed by atoms with Gasteiger partial charge < -0.3 is 11.1 Å². The third-order valence-corrected chi connectivity index (χ3v) is 4.88. The molecule has 21 heavy (non-hydrogen) atoms. The van der Waals surface area contributed by atoms with Crippen LogP contribution in [-0.2, 0) is 4.79 Å². The molecule has 1 saturated heterocycles. The molecule has 3 N–H and O–H groups in total. The van der Waals surface area contributed by atoms with E-state index in [-0.39, 0.29) is 5.91 Å². The van der Waals surface area contributed by atoms with Crippen LogP contribution in [0.15, 0.2) is 24.3 Å². The minimum atomic E-state index is 0.0758. The first kappa shape index (κ1) is 14.4. The van der Waals surface area contributed by atoms with E-state index in [4.69, 9.17) is 5.73 Å². The van der Waals surface area contributed by atoms with Crippen molar-refractivity contribution < 1.29 is 4.79 Å². The summed E-state index contributed by atoms with van der Waals surface area (Å²) in [4.78, 5) is 14.7. The Morgan fingerprint density at radius 1 is 1.24 bits per heavy atom. The van der Waals surface area contributed by atoms with Gasteiger partial charge in [0.15, 0.2) is 0 Å². The molecular weight excluding hydrogens is 262 g/mol. The standard InChI is InChI=1S/C17H25N3O/c18-14-7-3-8-15(11-14)19-17(21)12-20-10-4-6-13-5-1-2-9-16(13)20/h3,7-8,11,13,16H,1-2,4-6,9-10,12,18H2,(H,19,21). The summed E-state index contributed by atoms with van der Waals surface area (Å²) in [6.45, 7) is 1.57. The molecule has 0 aromatic heterocycles. The lowest BCUT2D eigenvalue weighted by Gasteiger charge is -2.43. The molecular formula is C17H25N3O. The van der Waals surface area contributed by atoms with Crippen LogP contribution in [0.3, 0.4) is 0 Å². The minimum Gasteiger partial charge on any atom is -0.399 e. The number of nitrogen functional groups attached to an aromatic ring is 1. The fourth-order valence-electron chi connectivity index (χ4n) is 3.93. The first-order chi connectivity index (χ1) is 10.2. The molecule has 114 valence electrons. The van der Waals surface area contributed by atoms with Crippen molar-refractivity contribution >= 4 is 17.3 Å². The average Bonchev–Trinajstić information content (AvgIpc) is 2.47. The van der Waals surface area contributed by atoms with Gasteiger partial charge in [-0.15, -0.1) is 0 Å². The summed E-state index contributed by atoms with van der Waals surface area (Å²) in [6, 6.07) is 8.00. The summed E-state index contributed by atoms with van der Waals surface area (Å²) in [5.41, 5.74) is 7.21. The predicted molar refractivity (Wildman–Crippen MR) is 86.0 cm³/mol. The van der Waals surface area contributed by atoms with Crippen molar-refractivity contribution in [3.05, 3.63) is 24.3 Å². The van der Waals surface area contributed by atoms with Crippen molar-refractivity contribution in [3.63, 3.8) is 0 Å². The van der Waals surface area contributed by atoms with Gasteiger partial charge >= 0.3 is 0 Å². The Kier molecular flexibility index (Phi) is 4.44. The predicted octanol–water partition coefficient (Wildman–Crippen LogP) is 2.86. The maximum absolute atomic E-state index is 12.3. The van der Waals surface area contributed by atoms with Gasteiger partial charge in [0.25, 0.3) is 0 Å². The van der Waals surface area contributed by atoms with Gasteiger partial charge in [0, 0.05) is 17.4 Å². The molecule has 0 bridgehead atoms. The van der Waals surface area contributed by atoms with Crippen molar-refractivity contribution in [2.75, 3.05) is 24.1 Å². The fourth-order valence-corrected chi connectivity index (χ4v) is 3.93. The lowest BCUT2D eigenvalue weighted by atomic mass is 9.78. The van der Waals surface area contributed by atoms with E-state index in [2.05, 4.69) is 10.2 Å². The summed E-state index contributed by atoms with van der Waals surface area (Å²) in [7, 11) is 0. The first-order valence-electron chi connectivity index (χ1n) is 8.12. The van der Waals surface area contributed by atoms with E-state index in [9.17, 15) is 4.79 Å². The van der Waals surface area contributed by atoms with Crippen molar-refractivity contribution in [1.82, 2.24) is 4.90 Å². The van der Waals surface area contributed by atoms with Crippen molar-refractivity contribution in [2.24, 2.45) is 5.92 Å². The number of fused-ring (bicyclic) bond motifs is 1. The molecule has 1 aliphatic heterocycles. The van der Waals surface area contributed by atoms with Crippen molar-refractivity contribution in [3.8, 4) is 0 Å². The second-order valence-corrected chi connectivity index (χ2v) is 6.40. The molecule has 2 fully saturated rings. The van der Waals surface area contributed by atoms with Gasteiger partial charge in [-0.2, -0.15) is 0 Å². The minimum absolute atomic E-state index is 0.0758. The SMILES string of the molecule is Nc1cccc(NC(=O)CN2CCCC3CCCCC32)c1. The number of likely N-dealkylation sites (tertiary alicyclic amines) is 1. The Balaban J connectivity index is 1.58. The highest BCUT2D eigenvalue weighted by atomic mass is 16.2. The maximum atomic E-state index is 12.3. The Hall–Kier alpha value is -1.55. The summed E-state index contributed by atoms with van der Waals surface area (Å²) in [5.74, 6) is 0.888. The number of amides is 1. The van der Waals surface area contributed by atoms with Crippen molar-refractivity contribution in [1.29, 1.82) is 0 Å². The summed E-state index contributed by atoms with van der Waals surface area (Å²) >= 11 is 0. The largest absolute Gasteiger partial charge is 0.399 e. The number of hydrogen-bond donors (Lipinski definition) is 2. The number of anilines is 2. The zero-order chi connectivity index (χ0) is 14.7. The average molecular weight is 287 g/mol. The third-order valence-electron chi connectivity index (χ3n) is 4.88. The smallest absolute Gasteiger partial charge is 0.238 e. The highest BCUT2D eigenvalue weighted by molar-refractivity contribution is 5.92. The van der Waals surface area contributed by atoms with E-state index in [1.54, 1.807) is 6.07 Å².